The fourth-order valence-electron chi connectivity index (χ4n) is 1.85. The van der Waals surface area contributed by atoms with Gasteiger partial charge in [0.2, 0.25) is 0 Å². The van der Waals surface area contributed by atoms with E-state index in [2.05, 4.69) is 20.7 Å². The van der Waals surface area contributed by atoms with Crippen LogP contribution in [-0.2, 0) is 10.0 Å². The second kappa shape index (κ2) is 8.11. The summed E-state index contributed by atoms with van der Waals surface area (Å²) >= 11 is 4.33. The summed E-state index contributed by atoms with van der Waals surface area (Å²) in [5.41, 5.74) is 0.392. The highest BCUT2D eigenvalue weighted by atomic mass is 79.9. The average molecular weight is 445 g/mol. The summed E-state index contributed by atoms with van der Waals surface area (Å²) in [6, 6.07) is 11.3. The van der Waals surface area contributed by atoms with Crippen LogP contribution in [0.2, 0.25) is 0 Å². The number of carbonyl (C=O) groups excluding carboxylic acids is 1. The van der Waals surface area contributed by atoms with Crippen LogP contribution < -0.4 is 9.46 Å². The molecule has 2 aromatic carbocycles. The van der Waals surface area contributed by atoms with Gasteiger partial charge in [-0.15, -0.1) is 0 Å². The number of rotatable bonds is 5. The van der Waals surface area contributed by atoms with E-state index in [0.717, 1.165) is 16.7 Å². The molecule has 0 fully saturated rings. The minimum absolute atomic E-state index is 0.0330. The van der Waals surface area contributed by atoms with Crippen LogP contribution in [0, 0.1) is 0 Å². The summed E-state index contributed by atoms with van der Waals surface area (Å²) in [4.78, 5) is 13.9. The largest absolute Gasteiger partial charge is 0.495 e. The molecule has 6 nitrogen and oxygen atoms in total. The first-order valence-electron chi connectivity index (χ1n) is 7.08. The predicted octanol–water partition coefficient (Wildman–Crippen LogP) is 4.03. The Labute approximate surface area is 159 Å². The van der Waals surface area contributed by atoms with Crippen molar-refractivity contribution in [3.8, 4) is 5.75 Å². The van der Waals surface area contributed by atoms with Gasteiger partial charge in [-0.05, 0) is 54.2 Å². The van der Waals surface area contributed by atoms with E-state index in [1.807, 2.05) is 0 Å². The number of ether oxygens (including phenoxy) is 1. The zero-order chi connectivity index (χ0) is 18.6. The molecule has 2 rings (SSSR count). The summed E-state index contributed by atoms with van der Waals surface area (Å²) in [6.45, 7) is 0. The molecule has 0 bridgehead atoms. The average Bonchev–Trinajstić information content (AvgIpc) is 2.56. The highest BCUT2D eigenvalue weighted by molar-refractivity contribution is 9.10. The molecule has 0 aliphatic rings. The fraction of sp³-hybridized carbons (Fsp3) is 0.188. The molecule has 0 atom stereocenters. The fourth-order valence-corrected chi connectivity index (χ4v) is 4.28. The van der Waals surface area contributed by atoms with Gasteiger partial charge in [0.1, 0.15) is 10.6 Å². The topological polar surface area (TPSA) is 75.7 Å². The normalized spacial score (nSPS) is 11.0. The Bertz CT molecular complexity index is 868. The molecule has 0 unspecified atom stereocenters. The van der Waals surface area contributed by atoms with Crippen molar-refractivity contribution in [3.05, 3.63) is 46.9 Å². The van der Waals surface area contributed by atoms with Crippen LogP contribution in [0.1, 0.15) is 0 Å². The highest BCUT2D eigenvalue weighted by Crippen LogP contribution is 2.29. The third-order valence-electron chi connectivity index (χ3n) is 3.09. The number of sulfonamides is 1. The van der Waals surface area contributed by atoms with E-state index in [9.17, 15) is 13.2 Å². The van der Waals surface area contributed by atoms with Crippen molar-refractivity contribution in [2.75, 3.05) is 25.9 Å². The quantitative estimate of drug-likeness (QED) is 0.704. The Morgan fingerprint density at radius 1 is 1.16 bits per heavy atom. The van der Waals surface area contributed by atoms with Gasteiger partial charge in [0.25, 0.3) is 15.3 Å². The van der Waals surface area contributed by atoms with Gasteiger partial charge >= 0.3 is 0 Å². The van der Waals surface area contributed by atoms with E-state index in [-0.39, 0.29) is 15.9 Å². The second-order valence-electron chi connectivity index (χ2n) is 5.19. The zero-order valence-electron chi connectivity index (χ0n) is 13.8. The van der Waals surface area contributed by atoms with Crippen LogP contribution in [0.3, 0.4) is 0 Å². The molecule has 134 valence electrons. The number of hydrogen-bond acceptors (Lipinski definition) is 5. The summed E-state index contributed by atoms with van der Waals surface area (Å²) < 4.78 is 33.5. The van der Waals surface area contributed by atoms with Crippen LogP contribution in [0.15, 0.2) is 56.7 Å². The first kappa shape index (κ1) is 19.6. The number of nitrogens with one attached hydrogen (secondary N) is 1. The third kappa shape index (κ3) is 5.13. The number of carbonyl (C=O) groups is 1. The summed E-state index contributed by atoms with van der Waals surface area (Å²) in [6.07, 6.45) is 0. The van der Waals surface area contributed by atoms with Gasteiger partial charge in [-0.25, -0.2) is 8.42 Å². The number of methoxy groups -OCH3 is 1. The van der Waals surface area contributed by atoms with E-state index in [1.165, 1.54) is 18.1 Å². The molecular weight excluding hydrogens is 428 g/mol. The molecule has 0 aliphatic heterocycles. The van der Waals surface area contributed by atoms with Crippen molar-refractivity contribution < 1.29 is 17.9 Å². The zero-order valence-corrected chi connectivity index (χ0v) is 17.0. The van der Waals surface area contributed by atoms with Crippen LogP contribution in [0.4, 0.5) is 10.5 Å². The Morgan fingerprint density at radius 2 is 1.80 bits per heavy atom. The molecule has 25 heavy (non-hydrogen) atoms. The molecule has 0 spiro atoms. The summed E-state index contributed by atoms with van der Waals surface area (Å²) in [5.74, 6) is 0.249. The first-order chi connectivity index (χ1) is 11.7. The lowest BCUT2D eigenvalue weighted by molar-refractivity contribution is 0.241. The number of hydrogen-bond donors (Lipinski definition) is 1. The molecular formula is C16H17BrN2O4S2. The van der Waals surface area contributed by atoms with Gasteiger partial charge in [-0.2, -0.15) is 0 Å². The summed E-state index contributed by atoms with van der Waals surface area (Å²) in [7, 11) is 0.938. The Morgan fingerprint density at radius 3 is 2.36 bits per heavy atom. The van der Waals surface area contributed by atoms with Gasteiger partial charge in [-0.1, -0.05) is 15.9 Å². The van der Waals surface area contributed by atoms with Crippen LogP contribution in [0.25, 0.3) is 0 Å². The van der Waals surface area contributed by atoms with Gasteiger partial charge in [0.15, 0.2) is 0 Å². The number of nitrogens with zero attached hydrogens (tertiary/aromatic N) is 1. The van der Waals surface area contributed by atoms with Crippen molar-refractivity contribution in [2.24, 2.45) is 0 Å². The minimum atomic E-state index is -3.81. The smallest absolute Gasteiger partial charge is 0.285 e. The van der Waals surface area contributed by atoms with Gasteiger partial charge < -0.3 is 9.64 Å². The van der Waals surface area contributed by atoms with Crippen molar-refractivity contribution in [1.82, 2.24) is 4.90 Å². The predicted molar refractivity (Wildman–Crippen MR) is 103 cm³/mol. The van der Waals surface area contributed by atoms with Gasteiger partial charge in [0.05, 0.1) is 7.11 Å². The molecule has 9 heteroatoms. The molecule has 0 aromatic heterocycles. The Kier molecular flexibility index (Phi) is 6.36. The third-order valence-corrected chi connectivity index (χ3v) is 6.04. The minimum Gasteiger partial charge on any atom is -0.495 e. The number of anilines is 1. The van der Waals surface area contributed by atoms with Crippen LogP contribution in [-0.4, -0.2) is 39.8 Å². The van der Waals surface area contributed by atoms with Crippen LogP contribution in [0.5, 0.6) is 5.75 Å². The monoisotopic (exact) mass is 444 g/mol. The van der Waals surface area contributed by atoms with E-state index < -0.39 is 10.0 Å². The molecule has 1 amide bonds. The van der Waals surface area contributed by atoms with E-state index >= 15 is 0 Å². The lowest BCUT2D eigenvalue weighted by Gasteiger charge is -2.13. The Hall–Kier alpha value is -1.71. The molecule has 1 N–H and O–H groups in total. The Balaban J connectivity index is 2.21. The van der Waals surface area contributed by atoms with Crippen molar-refractivity contribution in [3.63, 3.8) is 0 Å². The second-order valence-corrected chi connectivity index (χ2v) is 8.78. The van der Waals surface area contributed by atoms with Crippen molar-refractivity contribution in [1.29, 1.82) is 0 Å². The first-order valence-corrected chi connectivity index (χ1v) is 10.2. The number of halogens is 1. The van der Waals surface area contributed by atoms with Gasteiger partial charge in [-0.3, -0.25) is 9.52 Å². The SMILES string of the molecule is COc1ccc(Br)cc1S(=O)(=O)Nc1ccc(SC(=O)N(C)C)cc1. The molecule has 0 saturated heterocycles. The van der Waals surface area contributed by atoms with Crippen molar-refractivity contribution in [2.45, 2.75) is 9.79 Å². The standard InChI is InChI=1S/C16H17BrN2O4S2/c1-19(2)16(20)24-13-7-5-12(6-8-13)18-25(21,22)15-10-11(17)4-9-14(15)23-3/h4-10,18H,1-3H3. The molecule has 0 aliphatic carbocycles. The summed E-state index contributed by atoms with van der Waals surface area (Å²) in [5, 5.41) is -0.104. The van der Waals surface area contributed by atoms with Crippen molar-refractivity contribution >= 4 is 48.6 Å². The van der Waals surface area contributed by atoms with Crippen LogP contribution >= 0.6 is 27.7 Å². The highest BCUT2D eigenvalue weighted by Gasteiger charge is 2.20. The number of thioether (sulfide) groups is 1. The lowest BCUT2D eigenvalue weighted by Crippen LogP contribution is -2.16. The van der Waals surface area contributed by atoms with E-state index in [1.54, 1.807) is 50.5 Å². The molecule has 0 saturated carbocycles. The molecule has 2 aromatic rings. The molecule has 0 radical (unpaired) electrons. The van der Waals surface area contributed by atoms with E-state index in [0.29, 0.717) is 10.2 Å². The van der Waals surface area contributed by atoms with Gasteiger partial charge in [0, 0.05) is 29.2 Å². The van der Waals surface area contributed by atoms with E-state index in [4.69, 9.17) is 4.74 Å². The molecule has 0 heterocycles. The maximum Gasteiger partial charge on any atom is 0.285 e. The maximum absolute atomic E-state index is 12.6. The lowest BCUT2D eigenvalue weighted by atomic mass is 10.3. The number of benzene rings is 2. The maximum atomic E-state index is 12.6. The number of amides is 1.